The lowest BCUT2D eigenvalue weighted by atomic mass is 10.2. The molecule has 0 saturated heterocycles. The van der Waals surface area contributed by atoms with E-state index in [1.165, 1.54) is 0 Å². The summed E-state index contributed by atoms with van der Waals surface area (Å²) in [5.41, 5.74) is 2.36. The Kier molecular flexibility index (Phi) is 3.12. The smallest absolute Gasteiger partial charge is 0.216 e. The molecule has 0 fully saturated rings. The van der Waals surface area contributed by atoms with Crippen LogP contribution in [0.15, 0.2) is 30.5 Å². The van der Waals surface area contributed by atoms with Crippen molar-refractivity contribution >= 4 is 11.3 Å². The Morgan fingerprint density at radius 2 is 2.41 bits per heavy atom. The molecule has 0 aliphatic heterocycles. The molecule has 0 aliphatic rings. The van der Waals surface area contributed by atoms with Crippen LogP contribution in [0.25, 0.3) is 5.57 Å². The first kappa shape index (κ1) is 10.8. The van der Waals surface area contributed by atoms with Gasteiger partial charge in [0.15, 0.2) is 0 Å². The van der Waals surface area contributed by atoms with E-state index in [1.807, 2.05) is 37.3 Å². The third kappa shape index (κ3) is 2.66. The Bertz CT molecular complexity index is 564. The molecule has 1 aromatic heterocycles. The van der Waals surface area contributed by atoms with E-state index in [0.717, 1.165) is 11.3 Å². The summed E-state index contributed by atoms with van der Waals surface area (Å²) < 4.78 is 0. The SMILES string of the molecule is Cc1cccc(NC=C(C#N)c2nn[nH]n2)c1. The summed E-state index contributed by atoms with van der Waals surface area (Å²) in [5, 5.41) is 25.2. The van der Waals surface area contributed by atoms with Gasteiger partial charge < -0.3 is 5.32 Å². The minimum absolute atomic E-state index is 0.271. The molecule has 0 radical (unpaired) electrons. The van der Waals surface area contributed by atoms with E-state index in [9.17, 15) is 0 Å². The van der Waals surface area contributed by atoms with Gasteiger partial charge in [-0.05, 0) is 29.8 Å². The van der Waals surface area contributed by atoms with Crippen molar-refractivity contribution < 1.29 is 0 Å². The van der Waals surface area contributed by atoms with E-state index in [-0.39, 0.29) is 5.82 Å². The summed E-state index contributed by atoms with van der Waals surface area (Å²) >= 11 is 0. The zero-order chi connectivity index (χ0) is 12.1. The van der Waals surface area contributed by atoms with E-state index in [2.05, 4.69) is 25.9 Å². The standard InChI is InChI=1S/C11H10N6/c1-8-3-2-4-10(5-8)13-7-9(6-12)11-14-16-17-15-11/h2-5,7,13H,1H3,(H,14,15,16,17). The summed E-state index contributed by atoms with van der Waals surface area (Å²) in [5.74, 6) is 0.271. The maximum atomic E-state index is 8.95. The van der Waals surface area contributed by atoms with Crippen molar-refractivity contribution in [1.82, 2.24) is 20.6 Å². The van der Waals surface area contributed by atoms with Gasteiger partial charge in [0.05, 0.1) is 0 Å². The number of hydrogen-bond acceptors (Lipinski definition) is 5. The van der Waals surface area contributed by atoms with E-state index in [0.29, 0.717) is 5.57 Å². The third-order valence-electron chi connectivity index (χ3n) is 2.11. The fraction of sp³-hybridized carbons (Fsp3) is 0.0909. The lowest BCUT2D eigenvalue weighted by Gasteiger charge is -2.01. The number of hydrogen-bond donors (Lipinski definition) is 2. The van der Waals surface area contributed by atoms with Crippen LogP contribution in [0.3, 0.4) is 0 Å². The molecular formula is C11H10N6. The Hall–Kier alpha value is -2.68. The molecule has 6 heteroatoms. The molecule has 0 spiro atoms. The van der Waals surface area contributed by atoms with Crippen LogP contribution in [0.4, 0.5) is 5.69 Å². The first-order valence-corrected chi connectivity index (χ1v) is 4.97. The average molecular weight is 226 g/mol. The van der Waals surface area contributed by atoms with Gasteiger partial charge in [0.25, 0.3) is 0 Å². The van der Waals surface area contributed by atoms with Crippen LogP contribution in [0.1, 0.15) is 11.4 Å². The zero-order valence-electron chi connectivity index (χ0n) is 9.18. The van der Waals surface area contributed by atoms with Crippen molar-refractivity contribution in [3.05, 3.63) is 41.9 Å². The first-order valence-electron chi connectivity index (χ1n) is 4.97. The van der Waals surface area contributed by atoms with E-state index in [1.54, 1.807) is 6.20 Å². The van der Waals surface area contributed by atoms with Gasteiger partial charge in [-0.25, -0.2) is 0 Å². The van der Waals surface area contributed by atoms with E-state index < -0.39 is 0 Å². The molecule has 2 N–H and O–H groups in total. The summed E-state index contributed by atoms with van der Waals surface area (Å²) in [7, 11) is 0. The number of aromatic amines is 1. The summed E-state index contributed by atoms with van der Waals surface area (Å²) in [4.78, 5) is 0. The average Bonchev–Trinajstić information content (AvgIpc) is 2.84. The number of rotatable bonds is 3. The Balaban J connectivity index is 2.17. The monoisotopic (exact) mass is 226 g/mol. The maximum Gasteiger partial charge on any atom is 0.216 e. The quantitative estimate of drug-likeness (QED) is 0.773. The van der Waals surface area contributed by atoms with Crippen LogP contribution in [-0.2, 0) is 0 Å². The van der Waals surface area contributed by atoms with Crippen molar-refractivity contribution in [3.63, 3.8) is 0 Å². The number of nitriles is 1. The molecule has 1 heterocycles. The number of nitrogens with one attached hydrogen (secondary N) is 2. The lowest BCUT2D eigenvalue weighted by molar-refractivity contribution is 0.881. The number of aromatic nitrogens is 4. The number of allylic oxidation sites excluding steroid dienone is 1. The number of H-pyrrole nitrogens is 1. The highest BCUT2D eigenvalue weighted by Crippen LogP contribution is 2.12. The van der Waals surface area contributed by atoms with Gasteiger partial charge in [0, 0.05) is 11.9 Å². The van der Waals surface area contributed by atoms with Crippen LogP contribution in [0.2, 0.25) is 0 Å². The largest absolute Gasteiger partial charge is 0.360 e. The molecule has 0 aliphatic carbocycles. The molecular weight excluding hydrogens is 216 g/mol. The van der Waals surface area contributed by atoms with Gasteiger partial charge >= 0.3 is 0 Å². The van der Waals surface area contributed by atoms with Gasteiger partial charge in [-0.3, -0.25) is 0 Å². The predicted molar refractivity (Wildman–Crippen MR) is 62.6 cm³/mol. The second-order valence-corrected chi connectivity index (χ2v) is 3.42. The molecule has 17 heavy (non-hydrogen) atoms. The van der Waals surface area contributed by atoms with Crippen LogP contribution in [0, 0.1) is 18.3 Å². The number of tetrazole rings is 1. The molecule has 0 bridgehead atoms. The topological polar surface area (TPSA) is 90.3 Å². The van der Waals surface area contributed by atoms with Crippen molar-refractivity contribution in [3.8, 4) is 6.07 Å². The second-order valence-electron chi connectivity index (χ2n) is 3.42. The van der Waals surface area contributed by atoms with Crippen molar-refractivity contribution in [1.29, 1.82) is 5.26 Å². The van der Waals surface area contributed by atoms with Gasteiger partial charge in [0.1, 0.15) is 11.6 Å². The van der Waals surface area contributed by atoms with Gasteiger partial charge in [-0.15, -0.1) is 10.2 Å². The lowest BCUT2D eigenvalue weighted by Crippen LogP contribution is -1.93. The fourth-order valence-electron chi connectivity index (χ4n) is 1.31. The van der Waals surface area contributed by atoms with Crippen LogP contribution in [0.5, 0.6) is 0 Å². The fourth-order valence-corrected chi connectivity index (χ4v) is 1.31. The second kappa shape index (κ2) is 4.90. The molecule has 0 saturated carbocycles. The van der Waals surface area contributed by atoms with Crippen molar-refractivity contribution in [2.24, 2.45) is 0 Å². The predicted octanol–water partition coefficient (Wildman–Crippen LogP) is 1.48. The third-order valence-corrected chi connectivity index (χ3v) is 2.11. The summed E-state index contributed by atoms with van der Waals surface area (Å²) in [6.45, 7) is 2.00. The number of anilines is 1. The number of nitrogens with zero attached hydrogens (tertiary/aromatic N) is 4. The van der Waals surface area contributed by atoms with Gasteiger partial charge in [-0.2, -0.15) is 10.5 Å². The van der Waals surface area contributed by atoms with Crippen molar-refractivity contribution in [2.75, 3.05) is 5.32 Å². The van der Waals surface area contributed by atoms with Crippen LogP contribution >= 0.6 is 0 Å². The normalized spacial score (nSPS) is 10.9. The Morgan fingerprint density at radius 1 is 1.53 bits per heavy atom. The summed E-state index contributed by atoms with van der Waals surface area (Å²) in [6.07, 6.45) is 1.56. The zero-order valence-corrected chi connectivity index (χ0v) is 9.18. The van der Waals surface area contributed by atoms with Crippen LogP contribution < -0.4 is 5.32 Å². The molecule has 2 aromatic rings. The van der Waals surface area contributed by atoms with Crippen molar-refractivity contribution in [2.45, 2.75) is 6.92 Å². The van der Waals surface area contributed by atoms with E-state index >= 15 is 0 Å². The van der Waals surface area contributed by atoms with Crippen LogP contribution in [-0.4, -0.2) is 20.6 Å². The molecule has 0 unspecified atom stereocenters. The highest BCUT2D eigenvalue weighted by atomic mass is 15.5. The molecule has 6 nitrogen and oxygen atoms in total. The minimum atomic E-state index is 0.271. The first-order chi connectivity index (χ1) is 8.29. The molecule has 0 atom stereocenters. The number of aryl methyl sites for hydroxylation is 1. The molecule has 1 aromatic carbocycles. The molecule has 2 rings (SSSR count). The highest BCUT2D eigenvalue weighted by molar-refractivity contribution is 5.74. The van der Waals surface area contributed by atoms with Gasteiger partial charge in [-0.1, -0.05) is 12.1 Å². The Morgan fingerprint density at radius 3 is 3.06 bits per heavy atom. The van der Waals surface area contributed by atoms with E-state index in [4.69, 9.17) is 5.26 Å². The maximum absolute atomic E-state index is 8.95. The Labute approximate surface area is 98.0 Å². The highest BCUT2D eigenvalue weighted by Gasteiger charge is 2.04. The van der Waals surface area contributed by atoms with Gasteiger partial charge in [0.2, 0.25) is 5.82 Å². The molecule has 0 amide bonds. The number of benzene rings is 1. The summed E-state index contributed by atoms with van der Waals surface area (Å²) in [6, 6.07) is 9.82. The minimum Gasteiger partial charge on any atom is -0.360 e. The molecule has 84 valence electrons.